The number of ether oxygens (including phenoxy) is 1. The number of oxime groups is 1. The number of aliphatic hydroxyl groups excluding tert-OH is 1. The maximum Gasteiger partial charge on any atom is 0.314 e. The van der Waals surface area contributed by atoms with Gasteiger partial charge in [-0.15, -0.1) is 5.16 Å². The number of fused-ring (bicyclic) bond motifs is 5. The van der Waals surface area contributed by atoms with Crippen LogP contribution in [0.2, 0.25) is 0 Å². The Bertz CT molecular complexity index is 812. The van der Waals surface area contributed by atoms with Crippen LogP contribution >= 0.6 is 0 Å². The van der Waals surface area contributed by atoms with Crippen molar-refractivity contribution in [1.82, 2.24) is 0 Å². The monoisotopic (exact) mass is 419 g/mol. The molecule has 0 radical (unpaired) electrons. The Hall–Kier alpha value is -1.44. The maximum atomic E-state index is 12.2. The van der Waals surface area contributed by atoms with Crippen LogP contribution in [-0.4, -0.2) is 50.0 Å². The summed E-state index contributed by atoms with van der Waals surface area (Å²) >= 11 is 0. The SMILES string of the molecule is C[C@]12CC[C@H]3[C@@H](CC[C@]4(O)C[C@@H](O)CC[C@]34/C=N\O)[C@@]1(O)CC[C@@H]2C1=COC(=O)C1. The normalized spacial score (nSPS) is 53.1. The van der Waals surface area contributed by atoms with Gasteiger partial charge in [-0.1, -0.05) is 6.92 Å². The molecule has 4 N–H and O–H groups in total. The number of carbonyl (C=O) groups is 1. The largest absolute Gasteiger partial charge is 0.434 e. The van der Waals surface area contributed by atoms with E-state index >= 15 is 0 Å². The van der Waals surface area contributed by atoms with Crippen LogP contribution in [0, 0.1) is 28.6 Å². The molecule has 0 aromatic heterocycles. The number of hydrogen-bond donors (Lipinski definition) is 4. The first-order chi connectivity index (χ1) is 14.2. The van der Waals surface area contributed by atoms with Crippen LogP contribution < -0.4 is 0 Å². The second kappa shape index (κ2) is 6.53. The average molecular weight is 420 g/mol. The Morgan fingerprint density at radius 2 is 1.87 bits per heavy atom. The minimum atomic E-state index is -1.12. The van der Waals surface area contributed by atoms with Crippen LogP contribution in [0.3, 0.4) is 0 Å². The van der Waals surface area contributed by atoms with Crippen molar-refractivity contribution in [3.05, 3.63) is 11.8 Å². The number of nitrogens with zero attached hydrogens (tertiary/aromatic N) is 1. The summed E-state index contributed by atoms with van der Waals surface area (Å²) < 4.78 is 5.10. The summed E-state index contributed by atoms with van der Waals surface area (Å²) in [6, 6.07) is 0. The van der Waals surface area contributed by atoms with Crippen molar-refractivity contribution in [2.45, 2.75) is 88.4 Å². The number of carbonyl (C=O) groups excluding carboxylic acids is 1. The third-order valence-electron chi connectivity index (χ3n) is 9.93. The molecule has 0 aromatic carbocycles. The summed E-state index contributed by atoms with van der Waals surface area (Å²) in [5, 5.41) is 47.0. The molecular formula is C23H33NO6. The molecule has 7 nitrogen and oxygen atoms in total. The molecule has 166 valence electrons. The Morgan fingerprint density at radius 1 is 1.10 bits per heavy atom. The quantitative estimate of drug-likeness (QED) is 0.236. The first-order valence-corrected chi connectivity index (χ1v) is 11.4. The highest BCUT2D eigenvalue weighted by molar-refractivity contribution is 5.76. The van der Waals surface area contributed by atoms with Gasteiger partial charge in [0.15, 0.2) is 0 Å². The molecule has 4 fully saturated rings. The lowest BCUT2D eigenvalue weighted by molar-refractivity contribution is -0.237. The lowest BCUT2D eigenvalue weighted by Gasteiger charge is -2.65. The van der Waals surface area contributed by atoms with E-state index in [1.165, 1.54) is 6.21 Å². The highest BCUT2D eigenvalue weighted by Crippen LogP contribution is 2.70. The predicted octanol–water partition coefficient (Wildman–Crippen LogP) is 2.51. The summed E-state index contributed by atoms with van der Waals surface area (Å²) in [6.07, 6.45) is 8.50. The first kappa shape index (κ1) is 20.5. The average Bonchev–Trinajstić information content (AvgIpc) is 3.23. The molecule has 0 aromatic rings. The molecular weight excluding hydrogens is 386 g/mol. The zero-order valence-electron chi connectivity index (χ0n) is 17.6. The van der Waals surface area contributed by atoms with Gasteiger partial charge in [0.25, 0.3) is 0 Å². The molecule has 4 aliphatic carbocycles. The van der Waals surface area contributed by atoms with Crippen molar-refractivity contribution in [1.29, 1.82) is 0 Å². The minimum Gasteiger partial charge on any atom is -0.434 e. The molecule has 30 heavy (non-hydrogen) atoms. The van der Waals surface area contributed by atoms with Gasteiger partial charge < -0.3 is 25.3 Å². The standard InChI is InChI=1S/C23H33NO6/c1-20-6-3-17-18(23(20,28)9-5-16(20)14-10-19(26)30-12-14)4-8-22(27)11-15(25)2-7-21(17,22)13-24-29/h12-13,15-18,25,27-29H,2-11H2,1H3/b24-13-/t15-,16+,17-,18+,20+,21-,22-,23-/m0/s1. The van der Waals surface area contributed by atoms with Gasteiger partial charge in [-0.3, -0.25) is 4.79 Å². The summed E-state index contributed by atoms with van der Waals surface area (Å²) in [5.41, 5.74) is -2.11. The van der Waals surface area contributed by atoms with Crippen molar-refractivity contribution >= 4 is 12.2 Å². The Morgan fingerprint density at radius 3 is 2.57 bits per heavy atom. The van der Waals surface area contributed by atoms with E-state index < -0.39 is 22.7 Å². The van der Waals surface area contributed by atoms with E-state index in [1.807, 2.05) is 0 Å². The van der Waals surface area contributed by atoms with Crippen molar-refractivity contribution in [3.8, 4) is 0 Å². The number of aliphatic hydroxyl groups is 3. The van der Waals surface area contributed by atoms with Crippen LogP contribution in [-0.2, 0) is 9.53 Å². The van der Waals surface area contributed by atoms with Crippen LogP contribution in [0.15, 0.2) is 17.0 Å². The van der Waals surface area contributed by atoms with Gasteiger partial charge in [0.2, 0.25) is 0 Å². The van der Waals surface area contributed by atoms with Gasteiger partial charge in [0.1, 0.15) is 0 Å². The van der Waals surface area contributed by atoms with Gasteiger partial charge in [0, 0.05) is 17.3 Å². The Labute approximate surface area is 176 Å². The summed E-state index contributed by atoms with van der Waals surface area (Å²) in [7, 11) is 0. The number of hydrogen-bond acceptors (Lipinski definition) is 7. The second-order valence-corrected chi connectivity index (χ2v) is 10.8. The van der Waals surface area contributed by atoms with Gasteiger partial charge in [-0.05, 0) is 74.7 Å². The third-order valence-corrected chi connectivity index (χ3v) is 9.93. The van der Waals surface area contributed by atoms with E-state index in [0.29, 0.717) is 38.5 Å². The smallest absolute Gasteiger partial charge is 0.314 e. The van der Waals surface area contributed by atoms with E-state index in [9.17, 15) is 25.3 Å². The topological polar surface area (TPSA) is 120 Å². The fraction of sp³-hybridized carbons (Fsp3) is 0.826. The molecule has 1 heterocycles. The molecule has 4 saturated carbocycles. The highest BCUT2D eigenvalue weighted by atomic mass is 16.5. The maximum absolute atomic E-state index is 12.2. The fourth-order valence-electron chi connectivity index (χ4n) is 8.47. The van der Waals surface area contributed by atoms with Crippen LogP contribution in [0.1, 0.15) is 71.1 Å². The Balaban J connectivity index is 1.52. The summed E-state index contributed by atoms with van der Waals surface area (Å²) in [5.74, 6) is -0.133. The molecule has 8 atom stereocenters. The lowest BCUT2D eigenvalue weighted by Crippen LogP contribution is -2.68. The summed E-state index contributed by atoms with van der Waals surface area (Å²) in [6.45, 7) is 2.16. The van der Waals surface area contributed by atoms with E-state index in [4.69, 9.17) is 4.74 Å². The zero-order valence-corrected chi connectivity index (χ0v) is 17.6. The van der Waals surface area contributed by atoms with E-state index in [0.717, 1.165) is 24.8 Å². The molecule has 0 spiro atoms. The third kappa shape index (κ3) is 2.43. The number of rotatable bonds is 2. The van der Waals surface area contributed by atoms with Crippen molar-refractivity contribution in [2.75, 3.05) is 0 Å². The highest BCUT2D eigenvalue weighted by Gasteiger charge is 2.71. The van der Waals surface area contributed by atoms with Crippen molar-refractivity contribution in [2.24, 2.45) is 33.7 Å². The predicted molar refractivity (Wildman–Crippen MR) is 108 cm³/mol. The fourth-order valence-corrected chi connectivity index (χ4v) is 8.47. The van der Waals surface area contributed by atoms with Gasteiger partial charge >= 0.3 is 5.97 Å². The van der Waals surface area contributed by atoms with Crippen molar-refractivity contribution in [3.63, 3.8) is 0 Å². The molecule has 1 aliphatic heterocycles. The molecule has 5 rings (SSSR count). The lowest BCUT2D eigenvalue weighted by atomic mass is 9.41. The molecule has 7 heteroatoms. The van der Waals surface area contributed by atoms with Crippen LogP contribution in [0.5, 0.6) is 0 Å². The van der Waals surface area contributed by atoms with E-state index in [2.05, 4.69) is 12.1 Å². The Kier molecular flexibility index (Phi) is 4.45. The van der Waals surface area contributed by atoms with Crippen molar-refractivity contribution < 1.29 is 30.1 Å². The molecule has 0 saturated heterocycles. The molecule has 5 aliphatic rings. The number of esters is 1. The van der Waals surface area contributed by atoms with Gasteiger partial charge in [0.05, 0.1) is 36.2 Å². The molecule has 0 unspecified atom stereocenters. The summed E-state index contributed by atoms with van der Waals surface area (Å²) in [4.78, 5) is 11.7. The van der Waals surface area contributed by atoms with Gasteiger partial charge in [-0.2, -0.15) is 0 Å². The van der Waals surface area contributed by atoms with Crippen LogP contribution in [0.25, 0.3) is 0 Å². The second-order valence-electron chi connectivity index (χ2n) is 10.8. The van der Waals surface area contributed by atoms with E-state index in [-0.39, 0.29) is 35.6 Å². The van der Waals surface area contributed by atoms with Crippen LogP contribution in [0.4, 0.5) is 0 Å². The number of cyclic esters (lactones) is 1. The van der Waals surface area contributed by atoms with Gasteiger partial charge in [-0.25, -0.2) is 0 Å². The molecule has 0 bridgehead atoms. The zero-order chi connectivity index (χ0) is 21.4. The first-order valence-electron chi connectivity index (χ1n) is 11.4. The molecule has 0 amide bonds. The minimum absolute atomic E-state index is 0.00749. The van der Waals surface area contributed by atoms with E-state index in [1.54, 1.807) is 6.26 Å².